The van der Waals surface area contributed by atoms with Gasteiger partial charge in [0.1, 0.15) is 5.75 Å². The summed E-state index contributed by atoms with van der Waals surface area (Å²) in [6.45, 7) is 2.00. The van der Waals surface area contributed by atoms with Gasteiger partial charge in [0.2, 0.25) is 10.0 Å². The number of aromatic amines is 1. The molecule has 1 atom stereocenters. The number of fused-ring (bicyclic) bond motifs is 3. The van der Waals surface area contributed by atoms with Gasteiger partial charge in [-0.3, -0.25) is 0 Å². The van der Waals surface area contributed by atoms with Gasteiger partial charge in [-0.05, 0) is 36.6 Å². The first-order chi connectivity index (χ1) is 10.5. The molecular weight excluding hydrogens is 300 g/mol. The third-order valence-electron chi connectivity index (χ3n) is 4.22. The predicted octanol–water partition coefficient (Wildman–Crippen LogP) is 2.36. The minimum absolute atomic E-state index is 0.0429. The Morgan fingerprint density at radius 3 is 2.91 bits per heavy atom. The van der Waals surface area contributed by atoms with Crippen LogP contribution in [-0.4, -0.2) is 32.3 Å². The van der Waals surface area contributed by atoms with Crippen molar-refractivity contribution in [3.05, 3.63) is 29.5 Å². The highest BCUT2D eigenvalue weighted by Crippen LogP contribution is 2.32. The molecular formula is C16H22N2O3S. The van der Waals surface area contributed by atoms with Crippen molar-refractivity contribution in [2.75, 3.05) is 12.9 Å². The summed E-state index contributed by atoms with van der Waals surface area (Å²) in [4.78, 5) is 3.40. The van der Waals surface area contributed by atoms with Crippen LogP contribution in [0.1, 0.15) is 31.0 Å². The average Bonchev–Trinajstić information content (AvgIpc) is 3.01. The number of hydrogen-bond donors (Lipinski definition) is 2. The molecule has 6 heteroatoms. The zero-order valence-corrected chi connectivity index (χ0v) is 13.8. The SMILES string of the molecule is CCCCS(=O)(=O)NC1Cc2[nH]c3ccc(OC)cc3c2C1. The fraction of sp³-hybridized carbons (Fsp3) is 0.500. The molecule has 0 saturated heterocycles. The number of H-pyrrole nitrogens is 1. The van der Waals surface area contributed by atoms with Crippen molar-refractivity contribution in [1.82, 2.24) is 9.71 Å². The van der Waals surface area contributed by atoms with Crippen molar-refractivity contribution >= 4 is 20.9 Å². The molecule has 1 heterocycles. The van der Waals surface area contributed by atoms with Crippen LogP contribution in [0.15, 0.2) is 18.2 Å². The highest BCUT2D eigenvalue weighted by Gasteiger charge is 2.28. The lowest BCUT2D eigenvalue weighted by atomic mass is 10.1. The smallest absolute Gasteiger partial charge is 0.211 e. The molecule has 0 amide bonds. The van der Waals surface area contributed by atoms with E-state index in [9.17, 15) is 8.42 Å². The maximum Gasteiger partial charge on any atom is 0.211 e. The van der Waals surface area contributed by atoms with Crippen molar-refractivity contribution in [2.45, 2.75) is 38.6 Å². The highest BCUT2D eigenvalue weighted by molar-refractivity contribution is 7.89. The van der Waals surface area contributed by atoms with Crippen LogP contribution >= 0.6 is 0 Å². The standard InChI is InChI=1S/C16H22N2O3S/c1-3-4-7-22(19,20)18-11-8-13-14-10-12(21-2)5-6-15(14)17-16(13)9-11/h5-6,10-11,17-18H,3-4,7-9H2,1-2H3. The number of benzene rings is 1. The van der Waals surface area contributed by atoms with Crippen molar-refractivity contribution in [2.24, 2.45) is 0 Å². The van der Waals surface area contributed by atoms with Gasteiger partial charge in [-0.15, -0.1) is 0 Å². The van der Waals surface area contributed by atoms with Gasteiger partial charge in [0.25, 0.3) is 0 Å². The monoisotopic (exact) mass is 322 g/mol. The molecule has 3 rings (SSSR count). The summed E-state index contributed by atoms with van der Waals surface area (Å²) in [6, 6.07) is 5.91. The first kappa shape index (κ1) is 15.4. The number of ether oxygens (including phenoxy) is 1. The van der Waals surface area contributed by atoms with Gasteiger partial charge in [-0.1, -0.05) is 13.3 Å². The van der Waals surface area contributed by atoms with Crippen molar-refractivity contribution in [3.8, 4) is 5.75 Å². The van der Waals surface area contributed by atoms with Crippen molar-refractivity contribution in [3.63, 3.8) is 0 Å². The Kier molecular flexibility index (Phi) is 4.14. The summed E-state index contributed by atoms with van der Waals surface area (Å²) in [6.07, 6.45) is 3.04. The average molecular weight is 322 g/mol. The molecule has 2 aromatic rings. The largest absolute Gasteiger partial charge is 0.497 e. The Hall–Kier alpha value is -1.53. The number of aromatic nitrogens is 1. The van der Waals surface area contributed by atoms with E-state index in [2.05, 4.69) is 9.71 Å². The van der Waals surface area contributed by atoms with E-state index in [1.807, 2.05) is 25.1 Å². The number of nitrogens with one attached hydrogen (secondary N) is 2. The molecule has 22 heavy (non-hydrogen) atoms. The van der Waals surface area contributed by atoms with Crippen LogP contribution < -0.4 is 9.46 Å². The maximum atomic E-state index is 12.0. The molecule has 0 bridgehead atoms. The van der Waals surface area contributed by atoms with E-state index in [0.717, 1.165) is 41.6 Å². The summed E-state index contributed by atoms with van der Waals surface area (Å²) in [5.41, 5.74) is 3.42. The van der Waals surface area contributed by atoms with E-state index < -0.39 is 10.0 Å². The molecule has 1 aromatic carbocycles. The van der Waals surface area contributed by atoms with Crippen LogP contribution in [0.3, 0.4) is 0 Å². The van der Waals surface area contributed by atoms with Gasteiger partial charge in [-0.2, -0.15) is 0 Å². The Morgan fingerprint density at radius 1 is 1.36 bits per heavy atom. The van der Waals surface area contributed by atoms with Gasteiger partial charge < -0.3 is 9.72 Å². The molecule has 0 saturated carbocycles. The number of methoxy groups -OCH3 is 1. The zero-order valence-electron chi connectivity index (χ0n) is 13.0. The second-order valence-electron chi connectivity index (χ2n) is 5.89. The van der Waals surface area contributed by atoms with E-state index >= 15 is 0 Å². The first-order valence-corrected chi connectivity index (χ1v) is 9.35. The lowest BCUT2D eigenvalue weighted by Gasteiger charge is -2.12. The molecule has 1 unspecified atom stereocenters. The minimum atomic E-state index is -3.18. The second kappa shape index (κ2) is 5.93. The molecule has 1 aliphatic rings. The molecule has 0 radical (unpaired) electrons. The molecule has 2 N–H and O–H groups in total. The number of rotatable bonds is 6. The molecule has 0 aliphatic heterocycles. The third kappa shape index (κ3) is 2.98. The van der Waals surface area contributed by atoms with Gasteiger partial charge in [-0.25, -0.2) is 13.1 Å². The van der Waals surface area contributed by atoms with Gasteiger partial charge in [0.15, 0.2) is 0 Å². The summed E-state index contributed by atoms with van der Waals surface area (Å²) in [5.74, 6) is 1.03. The fourth-order valence-corrected chi connectivity index (χ4v) is 4.57. The van der Waals surface area contributed by atoms with Crippen LogP contribution in [0, 0.1) is 0 Å². The van der Waals surface area contributed by atoms with Crippen LogP contribution in [0.2, 0.25) is 0 Å². The maximum absolute atomic E-state index is 12.0. The number of sulfonamides is 1. The van der Waals surface area contributed by atoms with E-state index in [-0.39, 0.29) is 11.8 Å². The van der Waals surface area contributed by atoms with Crippen LogP contribution in [-0.2, 0) is 22.9 Å². The normalized spacial score (nSPS) is 17.8. The van der Waals surface area contributed by atoms with Crippen LogP contribution in [0.25, 0.3) is 10.9 Å². The molecule has 0 fully saturated rings. The summed E-state index contributed by atoms with van der Waals surface area (Å²) in [7, 11) is -1.53. The fourth-order valence-electron chi connectivity index (χ4n) is 3.11. The number of unbranched alkanes of at least 4 members (excludes halogenated alkanes) is 1. The molecule has 0 spiro atoms. The second-order valence-corrected chi connectivity index (χ2v) is 7.76. The van der Waals surface area contributed by atoms with Gasteiger partial charge in [0.05, 0.1) is 12.9 Å². The van der Waals surface area contributed by atoms with Crippen molar-refractivity contribution in [1.29, 1.82) is 0 Å². The predicted molar refractivity (Wildman–Crippen MR) is 87.9 cm³/mol. The van der Waals surface area contributed by atoms with Crippen LogP contribution in [0.4, 0.5) is 0 Å². The highest BCUT2D eigenvalue weighted by atomic mass is 32.2. The quantitative estimate of drug-likeness (QED) is 0.857. The van der Waals surface area contributed by atoms with Gasteiger partial charge >= 0.3 is 0 Å². The van der Waals surface area contributed by atoms with E-state index in [1.165, 1.54) is 5.56 Å². The van der Waals surface area contributed by atoms with E-state index in [0.29, 0.717) is 6.42 Å². The Bertz CT molecular complexity index is 780. The van der Waals surface area contributed by atoms with Crippen molar-refractivity contribution < 1.29 is 13.2 Å². The molecule has 1 aromatic heterocycles. The Balaban J connectivity index is 1.78. The first-order valence-electron chi connectivity index (χ1n) is 7.70. The van der Waals surface area contributed by atoms with Gasteiger partial charge in [0, 0.05) is 29.1 Å². The molecule has 120 valence electrons. The Labute approximate surface area is 131 Å². The van der Waals surface area contributed by atoms with Crippen LogP contribution in [0.5, 0.6) is 5.75 Å². The summed E-state index contributed by atoms with van der Waals surface area (Å²) in [5, 5.41) is 1.13. The zero-order chi connectivity index (χ0) is 15.7. The third-order valence-corrected chi connectivity index (χ3v) is 5.73. The summed E-state index contributed by atoms with van der Waals surface area (Å²) < 4.78 is 32.2. The molecule has 5 nitrogen and oxygen atoms in total. The van der Waals surface area contributed by atoms with E-state index in [4.69, 9.17) is 4.74 Å². The molecule has 1 aliphatic carbocycles. The summed E-state index contributed by atoms with van der Waals surface area (Å²) >= 11 is 0. The lowest BCUT2D eigenvalue weighted by Crippen LogP contribution is -2.37. The number of hydrogen-bond acceptors (Lipinski definition) is 3. The topological polar surface area (TPSA) is 71.2 Å². The lowest BCUT2D eigenvalue weighted by molar-refractivity contribution is 0.415. The Morgan fingerprint density at radius 2 is 2.18 bits per heavy atom. The van der Waals surface area contributed by atoms with E-state index in [1.54, 1.807) is 7.11 Å². The minimum Gasteiger partial charge on any atom is -0.497 e.